The first-order valence-electron chi connectivity index (χ1n) is 7.82. The van der Waals surface area contributed by atoms with E-state index in [4.69, 9.17) is 16.3 Å². The van der Waals surface area contributed by atoms with E-state index in [1.807, 2.05) is 13.0 Å². The third-order valence-corrected chi connectivity index (χ3v) is 4.23. The van der Waals surface area contributed by atoms with Crippen molar-refractivity contribution in [3.05, 3.63) is 40.7 Å². The number of hydrogen-bond donors (Lipinski definition) is 1. The number of esters is 1. The molecule has 1 aromatic carbocycles. The fraction of sp³-hybridized carbons (Fsp3) is 0.353. The molecule has 0 atom stereocenters. The highest BCUT2D eigenvalue weighted by atomic mass is 35.5. The van der Waals surface area contributed by atoms with E-state index < -0.39 is 5.97 Å². The number of ether oxygens (including phenoxy) is 1. The third kappa shape index (κ3) is 3.59. The summed E-state index contributed by atoms with van der Waals surface area (Å²) in [5.74, 6) is 1.82. The zero-order chi connectivity index (χ0) is 17.1. The summed E-state index contributed by atoms with van der Waals surface area (Å²) in [6.45, 7) is 3.88. The van der Waals surface area contributed by atoms with Crippen molar-refractivity contribution >= 4 is 34.9 Å². The van der Waals surface area contributed by atoms with E-state index >= 15 is 0 Å². The van der Waals surface area contributed by atoms with Crippen molar-refractivity contribution in [1.29, 1.82) is 0 Å². The minimum Gasteiger partial charge on any atom is -0.465 e. The van der Waals surface area contributed by atoms with Crippen LogP contribution in [0.1, 0.15) is 29.0 Å². The van der Waals surface area contributed by atoms with Crippen LogP contribution < -0.4 is 10.2 Å². The number of nitrogens with one attached hydrogen (secondary N) is 1. The normalized spacial score (nSPS) is 13.9. The van der Waals surface area contributed by atoms with Crippen LogP contribution in [0, 0.1) is 6.92 Å². The molecule has 0 saturated carbocycles. The number of hydrogen-bond acceptors (Lipinski definition) is 6. The molecule has 0 unspecified atom stereocenters. The van der Waals surface area contributed by atoms with Crippen molar-refractivity contribution in [3.63, 3.8) is 0 Å². The first kappa shape index (κ1) is 16.5. The van der Waals surface area contributed by atoms with Crippen LogP contribution in [0.3, 0.4) is 0 Å². The molecule has 24 heavy (non-hydrogen) atoms. The van der Waals surface area contributed by atoms with Gasteiger partial charge in [0.1, 0.15) is 17.5 Å². The van der Waals surface area contributed by atoms with Gasteiger partial charge in [-0.1, -0.05) is 11.6 Å². The number of carbonyl (C=O) groups excluding carboxylic acids is 1. The smallest absolute Gasteiger partial charge is 0.337 e. The van der Waals surface area contributed by atoms with Crippen LogP contribution in [0.15, 0.2) is 24.3 Å². The van der Waals surface area contributed by atoms with Crippen LogP contribution >= 0.6 is 11.6 Å². The Morgan fingerprint density at radius 1 is 1.25 bits per heavy atom. The average Bonchev–Trinajstić information content (AvgIpc) is 3.10. The number of rotatable bonds is 4. The SMILES string of the molecule is COC(=O)c1ccc(Cl)c(Nc2cc(N3CCCC3)nc(C)n2)c1. The summed E-state index contributed by atoms with van der Waals surface area (Å²) in [6, 6.07) is 6.84. The van der Waals surface area contributed by atoms with Crippen molar-refractivity contribution in [2.45, 2.75) is 19.8 Å². The van der Waals surface area contributed by atoms with Gasteiger partial charge >= 0.3 is 5.97 Å². The highest BCUT2D eigenvalue weighted by Gasteiger charge is 2.16. The lowest BCUT2D eigenvalue weighted by Gasteiger charge is -2.18. The highest BCUT2D eigenvalue weighted by Crippen LogP contribution is 2.28. The molecule has 2 heterocycles. The molecule has 2 aromatic rings. The first-order valence-corrected chi connectivity index (χ1v) is 8.20. The van der Waals surface area contributed by atoms with Crippen LogP contribution in [0.2, 0.25) is 5.02 Å². The number of methoxy groups -OCH3 is 1. The van der Waals surface area contributed by atoms with E-state index in [-0.39, 0.29) is 0 Å². The van der Waals surface area contributed by atoms with Gasteiger partial charge in [0.2, 0.25) is 0 Å². The van der Waals surface area contributed by atoms with Gasteiger partial charge in [-0.2, -0.15) is 0 Å². The maximum Gasteiger partial charge on any atom is 0.337 e. The Morgan fingerprint density at radius 2 is 2.00 bits per heavy atom. The summed E-state index contributed by atoms with van der Waals surface area (Å²) < 4.78 is 4.74. The fourth-order valence-corrected chi connectivity index (χ4v) is 2.89. The number of anilines is 3. The number of benzene rings is 1. The molecule has 0 spiro atoms. The number of aryl methyl sites for hydroxylation is 1. The zero-order valence-corrected chi connectivity index (χ0v) is 14.4. The summed E-state index contributed by atoms with van der Waals surface area (Å²) in [5.41, 5.74) is 1.03. The largest absolute Gasteiger partial charge is 0.465 e. The summed E-state index contributed by atoms with van der Waals surface area (Å²) >= 11 is 6.23. The van der Waals surface area contributed by atoms with Gasteiger partial charge in [-0.15, -0.1) is 0 Å². The van der Waals surface area contributed by atoms with Gasteiger partial charge in [-0.25, -0.2) is 14.8 Å². The average molecular weight is 347 g/mol. The molecule has 1 N–H and O–H groups in total. The van der Waals surface area contributed by atoms with Crippen LogP contribution in [0.4, 0.5) is 17.3 Å². The molecule has 1 aliphatic heterocycles. The molecule has 3 rings (SSSR count). The van der Waals surface area contributed by atoms with Crippen molar-refractivity contribution in [2.24, 2.45) is 0 Å². The summed E-state index contributed by atoms with van der Waals surface area (Å²) in [4.78, 5) is 22.8. The van der Waals surface area contributed by atoms with Crippen LogP contribution in [0.5, 0.6) is 0 Å². The Balaban J connectivity index is 1.89. The summed E-state index contributed by atoms with van der Waals surface area (Å²) in [5, 5.41) is 3.68. The molecule has 0 radical (unpaired) electrons. The Kier molecular flexibility index (Phi) is 4.85. The predicted molar refractivity (Wildman–Crippen MR) is 94.3 cm³/mol. The monoisotopic (exact) mass is 346 g/mol. The molecule has 0 amide bonds. The van der Waals surface area contributed by atoms with E-state index in [0.717, 1.165) is 18.9 Å². The fourth-order valence-electron chi connectivity index (χ4n) is 2.73. The van der Waals surface area contributed by atoms with Gasteiger partial charge in [0.15, 0.2) is 0 Å². The predicted octanol–water partition coefficient (Wildman–Crippen LogP) is 3.57. The molecule has 1 aromatic heterocycles. The van der Waals surface area contributed by atoms with E-state index in [9.17, 15) is 4.79 Å². The van der Waals surface area contributed by atoms with Crippen LogP contribution in [0.25, 0.3) is 0 Å². The highest BCUT2D eigenvalue weighted by molar-refractivity contribution is 6.33. The van der Waals surface area contributed by atoms with E-state index in [1.54, 1.807) is 18.2 Å². The lowest BCUT2D eigenvalue weighted by Crippen LogP contribution is -2.19. The molecule has 1 saturated heterocycles. The van der Waals surface area contributed by atoms with Crippen molar-refractivity contribution in [1.82, 2.24) is 9.97 Å². The van der Waals surface area contributed by atoms with Gasteiger partial charge in [0, 0.05) is 19.2 Å². The zero-order valence-electron chi connectivity index (χ0n) is 13.7. The topological polar surface area (TPSA) is 67.3 Å². The maximum atomic E-state index is 11.7. The van der Waals surface area contributed by atoms with Crippen molar-refractivity contribution < 1.29 is 9.53 Å². The second-order valence-corrected chi connectivity index (χ2v) is 6.07. The van der Waals surface area contributed by atoms with Gasteiger partial charge in [0.25, 0.3) is 0 Å². The van der Waals surface area contributed by atoms with Gasteiger partial charge in [0.05, 0.1) is 23.4 Å². The first-order chi connectivity index (χ1) is 11.6. The number of aromatic nitrogens is 2. The second kappa shape index (κ2) is 7.05. The Hall–Kier alpha value is -2.34. The number of nitrogens with zero attached hydrogens (tertiary/aromatic N) is 3. The molecule has 126 valence electrons. The molecule has 0 bridgehead atoms. The standard InChI is InChI=1S/C17H19ClN4O2/c1-11-19-15(10-16(20-11)22-7-3-4-8-22)21-14-9-12(17(23)24-2)5-6-13(14)18/h5-6,9-10H,3-4,7-8H2,1-2H3,(H,19,20,21). The molecular weight excluding hydrogens is 328 g/mol. The van der Waals surface area contributed by atoms with E-state index in [1.165, 1.54) is 20.0 Å². The number of halogens is 1. The van der Waals surface area contributed by atoms with Gasteiger partial charge in [-0.3, -0.25) is 0 Å². The summed E-state index contributed by atoms with van der Waals surface area (Å²) in [7, 11) is 1.35. The lowest BCUT2D eigenvalue weighted by molar-refractivity contribution is 0.0601. The maximum absolute atomic E-state index is 11.7. The number of carbonyl (C=O) groups is 1. The minimum absolute atomic E-state index is 0.411. The van der Waals surface area contributed by atoms with Crippen LogP contribution in [-0.4, -0.2) is 36.1 Å². The quantitative estimate of drug-likeness (QED) is 0.854. The molecule has 6 nitrogen and oxygen atoms in total. The van der Waals surface area contributed by atoms with E-state index in [0.29, 0.717) is 27.9 Å². The van der Waals surface area contributed by atoms with Crippen molar-refractivity contribution in [2.75, 3.05) is 30.4 Å². The molecular formula is C17H19ClN4O2. The van der Waals surface area contributed by atoms with Gasteiger partial charge in [-0.05, 0) is 38.0 Å². The Labute approximate surface area is 145 Å². The van der Waals surface area contributed by atoms with E-state index in [2.05, 4.69) is 20.2 Å². The Bertz CT molecular complexity index is 760. The molecule has 7 heteroatoms. The second-order valence-electron chi connectivity index (χ2n) is 5.66. The van der Waals surface area contributed by atoms with Gasteiger partial charge < -0.3 is 15.0 Å². The Morgan fingerprint density at radius 3 is 2.71 bits per heavy atom. The minimum atomic E-state index is -0.411. The van der Waals surface area contributed by atoms with Crippen LogP contribution in [-0.2, 0) is 4.74 Å². The third-order valence-electron chi connectivity index (χ3n) is 3.90. The molecule has 1 fully saturated rings. The summed E-state index contributed by atoms with van der Waals surface area (Å²) in [6.07, 6.45) is 2.36. The lowest BCUT2D eigenvalue weighted by atomic mass is 10.2. The molecule has 0 aliphatic carbocycles. The molecule has 1 aliphatic rings. The van der Waals surface area contributed by atoms with Crippen molar-refractivity contribution in [3.8, 4) is 0 Å².